The molecule has 0 amide bonds. The van der Waals surface area contributed by atoms with Crippen molar-refractivity contribution >= 4 is 29.8 Å². The van der Waals surface area contributed by atoms with Crippen LogP contribution in [0.5, 0.6) is 0 Å². The van der Waals surface area contributed by atoms with Crippen LogP contribution >= 0.6 is 0 Å². The predicted molar refractivity (Wildman–Crippen MR) is 137 cm³/mol. The van der Waals surface area contributed by atoms with Crippen molar-refractivity contribution in [2.75, 3.05) is 6.61 Å². The Morgan fingerprint density at radius 2 is 1.24 bits per heavy atom. The number of rotatable bonds is 20. The van der Waals surface area contributed by atoms with E-state index in [1.807, 2.05) is 0 Å². The SMILES string of the molecule is CCCCCCCCCCCCCCCC(=O)OC[C@H](OC(C)=O)[C@H]1OC(=O)C(OC(C)=O)=C1OC(C)=O. The minimum absolute atomic E-state index is 0.195. The number of hydrogen-bond acceptors (Lipinski definition) is 10. The molecule has 1 aliphatic rings. The number of unbranched alkanes of at least 4 members (excludes halogenated alkanes) is 12. The minimum Gasteiger partial charge on any atom is -0.462 e. The van der Waals surface area contributed by atoms with Crippen LogP contribution < -0.4 is 0 Å². The summed E-state index contributed by atoms with van der Waals surface area (Å²) in [5.74, 6) is -4.99. The van der Waals surface area contributed by atoms with E-state index in [2.05, 4.69) is 6.92 Å². The largest absolute Gasteiger partial charge is 0.462 e. The van der Waals surface area contributed by atoms with Crippen LogP contribution in [-0.2, 0) is 47.7 Å². The van der Waals surface area contributed by atoms with Crippen molar-refractivity contribution in [2.24, 2.45) is 0 Å². The van der Waals surface area contributed by atoms with E-state index in [1.165, 1.54) is 57.8 Å². The van der Waals surface area contributed by atoms with Gasteiger partial charge in [0.25, 0.3) is 5.76 Å². The van der Waals surface area contributed by atoms with Gasteiger partial charge in [0.05, 0.1) is 0 Å². The highest BCUT2D eigenvalue weighted by molar-refractivity contribution is 5.93. The van der Waals surface area contributed by atoms with Gasteiger partial charge in [-0.1, -0.05) is 84.0 Å². The fourth-order valence-corrected chi connectivity index (χ4v) is 4.12. The highest BCUT2D eigenvalue weighted by Crippen LogP contribution is 2.29. The molecule has 38 heavy (non-hydrogen) atoms. The zero-order chi connectivity index (χ0) is 28.3. The van der Waals surface area contributed by atoms with Crippen molar-refractivity contribution in [1.82, 2.24) is 0 Å². The van der Waals surface area contributed by atoms with Gasteiger partial charge in [0.2, 0.25) is 11.9 Å². The average molecular weight is 541 g/mol. The van der Waals surface area contributed by atoms with Gasteiger partial charge in [0.1, 0.15) is 6.61 Å². The van der Waals surface area contributed by atoms with Crippen molar-refractivity contribution in [2.45, 2.75) is 130 Å². The molecule has 0 bridgehead atoms. The summed E-state index contributed by atoms with van der Waals surface area (Å²) in [5.41, 5.74) is 0. The summed E-state index contributed by atoms with van der Waals surface area (Å²) in [4.78, 5) is 59.0. The van der Waals surface area contributed by atoms with E-state index in [9.17, 15) is 24.0 Å². The number of cyclic esters (lactones) is 1. The standard InChI is InChI=1S/C28H44O10/c1-5-6-7-8-9-10-11-12-13-14-15-16-17-18-24(32)34-19-23(35-20(2)29)25-26(36-21(3)30)27(28(33)38-25)37-22(4)31/h23,25H,5-19H2,1-4H3/t23-,25+/m0/s1. The number of carbonyl (C=O) groups excluding carboxylic acids is 5. The third-order valence-corrected chi connectivity index (χ3v) is 5.95. The van der Waals surface area contributed by atoms with Crippen molar-refractivity contribution in [3.05, 3.63) is 11.5 Å². The molecule has 0 aromatic rings. The second-order valence-corrected chi connectivity index (χ2v) is 9.53. The highest BCUT2D eigenvalue weighted by atomic mass is 16.7. The topological polar surface area (TPSA) is 132 Å². The maximum absolute atomic E-state index is 12.2. The molecule has 0 saturated carbocycles. The molecule has 10 nitrogen and oxygen atoms in total. The molecule has 0 N–H and O–H groups in total. The highest BCUT2D eigenvalue weighted by Gasteiger charge is 2.46. The van der Waals surface area contributed by atoms with Gasteiger partial charge in [-0.2, -0.15) is 0 Å². The van der Waals surface area contributed by atoms with Crippen LogP contribution in [0, 0.1) is 0 Å². The molecule has 216 valence electrons. The summed E-state index contributed by atoms with van der Waals surface area (Å²) in [6, 6.07) is 0. The quantitative estimate of drug-likeness (QED) is 0.115. The van der Waals surface area contributed by atoms with E-state index in [0.29, 0.717) is 6.42 Å². The Kier molecular flexibility index (Phi) is 16.7. The second-order valence-electron chi connectivity index (χ2n) is 9.53. The first-order chi connectivity index (χ1) is 18.1. The van der Waals surface area contributed by atoms with Crippen LogP contribution in [0.2, 0.25) is 0 Å². The molecular formula is C28H44O10. The van der Waals surface area contributed by atoms with Gasteiger partial charge in [-0.15, -0.1) is 0 Å². The number of ether oxygens (including phenoxy) is 5. The van der Waals surface area contributed by atoms with Crippen LogP contribution in [0.1, 0.15) is 118 Å². The van der Waals surface area contributed by atoms with Gasteiger partial charge < -0.3 is 23.7 Å². The molecule has 1 aliphatic heterocycles. The van der Waals surface area contributed by atoms with Crippen LogP contribution in [0.25, 0.3) is 0 Å². The first-order valence-corrected chi connectivity index (χ1v) is 13.8. The Morgan fingerprint density at radius 1 is 0.737 bits per heavy atom. The van der Waals surface area contributed by atoms with Crippen molar-refractivity contribution in [1.29, 1.82) is 0 Å². The molecule has 0 aliphatic carbocycles. The molecule has 0 aromatic heterocycles. The van der Waals surface area contributed by atoms with Crippen LogP contribution in [-0.4, -0.2) is 48.7 Å². The first-order valence-electron chi connectivity index (χ1n) is 13.8. The van der Waals surface area contributed by atoms with Crippen LogP contribution in [0.4, 0.5) is 0 Å². The van der Waals surface area contributed by atoms with Crippen molar-refractivity contribution in [3.63, 3.8) is 0 Å². The molecule has 0 saturated heterocycles. The molecule has 0 unspecified atom stereocenters. The minimum atomic E-state index is -1.42. The Morgan fingerprint density at radius 3 is 1.71 bits per heavy atom. The van der Waals surface area contributed by atoms with Crippen molar-refractivity contribution < 1.29 is 47.7 Å². The fraction of sp³-hybridized carbons (Fsp3) is 0.750. The van der Waals surface area contributed by atoms with Gasteiger partial charge in [0.15, 0.2) is 6.10 Å². The van der Waals surface area contributed by atoms with E-state index in [1.54, 1.807) is 0 Å². The van der Waals surface area contributed by atoms with Gasteiger partial charge in [0, 0.05) is 27.2 Å². The summed E-state index contributed by atoms with van der Waals surface area (Å²) in [7, 11) is 0. The summed E-state index contributed by atoms with van der Waals surface area (Å²) < 4.78 is 25.4. The van der Waals surface area contributed by atoms with Crippen LogP contribution in [0.15, 0.2) is 11.5 Å². The molecule has 1 heterocycles. The normalized spacial score (nSPS) is 15.6. The Hall–Kier alpha value is -2.91. The summed E-state index contributed by atoms with van der Waals surface area (Å²) in [5, 5.41) is 0. The summed E-state index contributed by atoms with van der Waals surface area (Å²) in [6.07, 6.45) is 12.9. The van der Waals surface area contributed by atoms with E-state index >= 15 is 0 Å². The van der Waals surface area contributed by atoms with Gasteiger partial charge in [-0.3, -0.25) is 19.2 Å². The third kappa shape index (κ3) is 14.1. The van der Waals surface area contributed by atoms with E-state index in [4.69, 9.17) is 23.7 Å². The first kappa shape index (κ1) is 33.1. The molecular weight excluding hydrogens is 496 g/mol. The lowest BCUT2D eigenvalue weighted by Crippen LogP contribution is -2.38. The van der Waals surface area contributed by atoms with Crippen molar-refractivity contribution in [3.8, 4) is 0 Å². The van der Waals surface area contributed by atoms with E-state index in [-0.39, 0.29) is 6.42 Å². The molecule has 0 spiro atoms. The maximum Gasteiger partial charge on any atom is 0.379 e. The van der Waals surface area contributed by atoms with Crippen LogP contribution in [0.3, 0.4) is 0 Å². The zero-order valence-electron chi connectivity index (χ0n) is 23.3. The molecule has 0 radical (unpaired) electrons. The number of carbonyl (C=O) groups is 5. The predicted octanol–water partition coefficient (Wildman–Crippen LogP) is 5.21. The lowest BCUT2D eigenvalue weighted by atomic mass is 10.0. The Balaban J connectivity index is 2.41. The monoisotopic (exact) mass is 540 g/mol. The maximum atomic E-state index is 12.2. The summed E-state index contributed by atoms with van der Waals surface area (Å²) >= 11 is 0. The summed E-state index contributed by atoms with van der Waals surface area (Å²) in [6.45, 7) is 5.05. The molecule has 1 rings (SSSR count). The average Bonchev–Trinajstić information content (AvgIpc) is 3.13. The Bertz CT molecular complexity index is 816. The molecule has 0 aromatic carbocycles. The second kappa shape index (κ2) is 19.2. The van der Waals surface area contributed by atoms with E-state index in [0.717, 1.165) is 40.0 Å². The Labute approximate surface area is 225 Å². The van der Waals surface area contributed by atoms with Gasteiger partial charge in [-0.05, 0) is 6.42 Å². The fourth-order valence-electron chi connectivity index (χ4n) is 4.12. The molecule has 2 atom stereocenters. The molecule has 10 heteroatoms. The zero-order valence-corrected chi connectivity index (χ0v) is 23.3. The number of esters is 5. The van der Waals surface area contributed by atoms with Gasteiger partial charge >= 0.3 is 29.8 Å². The third-order valence-electron chi connectivity index (χ3n) is 5.95. The smallest absolute Gasteiger partial charge is 0.379 e. The van der Waals surface area contributed by atoms with Gasteiger partial charge in [-0.25, -0.2) is 4.79 Å². The lowest BCUT2D eigenvalue weighted by molar-refractivity contribution is -0.171. The number of hydrogen-bond donors (Lipinski definition) is 0. The van der Waals surface area contributed by atoms with E-state index < -0.39 is 60.2 Å². The molecule has 0 fully saturated rings. The lowest BCUT2D eigenvalue weighted by Gasteiger charge is -2.23.